The number of hydrogen-bond acceptors (Lipinski definition) is 8. The van der Waals surface area contributed by atoms with E-state index in [0.717, 1.165) is 14.2 Å². The van der Waals surface area contributed by atoms with Gasteiger partial charge in [0.15, 0.2) is 4.21 Å². The second-order valence-electron chi connectivity index (χ2n) is 5.19. The van der Waals surface area contributed by atoms with Crippen molar-refractivity contribution in [1.29, 1.82) is 0 Å². The first-order valence-corrected chi connectivity index (χ1v) is 9.58. The fourth-order valence-electron chi connectivity index (χ4n) is 2.18. The summed E-state index contributed by atoms with van der Waals surface area (Å²) < 4.78 is 36.6. The van der Waals surface area contributed by atoms with Gasteiger partial charge in [0, 0.05) is 5.69 Å². The van der Waals surface area contributed by atoms with Crippen LogP contribution in [0.15, 0.2) is 28.5 Å². The van der Waals surface area contributed by atoms with Gasteiger partial charge >= 0.3 is 17.9 Å². The lowest BCUT2D eigenvalue weighted by molar-refractivity contribution is 0.0595. The molecule has 0 atom stereocenters. The number of methoxy groups -OCH3 is 2. The van der Waals surface area contributed by atoms with E-state index >= 15 is 0 Å². The van der Waals surface area contributed by atoms with Gasteiger partial charge in [0.25, 0.3) is 10.0 Å². The summed E-state index contributed by atoms with van der Waals surface area (Å²) in [5.74, 6) is -2.86. The Labute approximate surface area is 158 Å². The molecule has 0 aliphatic rings. The lowest BCUT2D eigenvalue weighted by Gasteiger charge is -2.08. The Morgan fingerprint density at radius 3 is 2.07 bits per heavy atom. The van der Waals surface area contributed by atoms with E-state index in [9.17, 15) is 22.8 Å². The molecule has 0 spiro atoms. The van der Waals surface area contributed by atoms with Gasteiger partial charge in [-0.3, -0.25) is 4.72 Å². The highest BCUT2D eigenvalue weighted by atomic mass is 32.2. The van der Waals surface area contributed by atoms with E-state index in [0.29, 0.717) is 11.3 Å². The number of sulfonamides is 1. The average Bonchev–Trinajstić information content (AvgIpc) is 2.98. The van der Waals surface area contributed by atoms with Crippen molar-refractivity contribution >= 4 is 45.0 Å². The SMILES string of the molecule is COC(=O)c1sc(S(=O)(=O)Nc2ccc(C(=O)O)cc2)c(C(=O)OC)c1C. The maximum absolute atomic E-state index is 12.8. The Balaban J connectivity index is 2.52. The standard InChI is InChI=1S/C16H15NO8S2/c1-8-11(14(20)24-2)16(26-12(8)15(21)25-3)27(22,23)17-10-6-4-9(5-7-10)13(18)19/h4-7,17H,1-3H3,(H,18,19). The minimum atomic E-state index is -4.26. The summed E-state index contributed by atoms with van der Waals surface area (Å²) in [5, 5.41) is 8.89. The maximum atomic E-state index is 12.8. The van der Waals surface area contributed by atoms with Gasteiger partial charge < -0.3 is 14.6 Å². The highest BCUT2D eigenvalue weighted by Crippen LogP contribution is 2.34. The quantitative estimate of drug-likeness (QED) is 0.687. The van der Waals surface area contributed by atoms with Crippen LogP contribution in [0.25, 0.3) is 0 Å². The van der Waals surface area contributed by atoms with Gasteiger partial charge in [-0.15, -0.1) is 11.3 Å². The van der Waals surface area contributed by atoms with Crippen LogP contribution in [0.1, 0.15) is 36.0 Å². The molecule has 1 aromatic heterocycles. The number of carbonyl (C=O) groups is 3. The lowest BCUT2D eigenvalue weighted by atomic mass is 10.2. The maximum Gasteiger partial charge on any atom is 0.348 e. The summed E-state index contributed by atoms with van der Waals surface area (Å²) in [5.41, 5.74) is -0.0764. The monoisotopic (exact) mass is 413 g/mol. The van der Waals surface area contributed by atoms with E-state index < -0.39 is 32.1 Å². The van der Waals surface area contributed by atoms with Crippen molar-refractivity contribution in [1.82, 2.24) is 0 Å². The Morgan fingerprint density at radius 2 is 1.59 bits per heavy atom. The van der Waals surface area contributed by atoms with Crippen LogP contribution in [0.3, 0.4) is 0 Å². The number of ether oxygens (including phenoxy) is 2. The summed E-state index contributed by atoms with van der Waals surface area (Å²) in [6.07, 6.45) is 0. The summed E-state index contributed by atoms with van der Waals surface area (Å²) in [7, 11) is -2.04. The molecule has 2 rings (SSSR count). The molecule has 2 N–H and O–H groups in total. The zero-order chi connectivity index (χ0) is 20.4. The second kappa shape index (κ2) is 7.76. The number of carboxylic acid groups (broad SMARTS) is 1. The van der Waals surface area contributed by atoms with Crippen LogP contribution in [-0.2, 0) is 19.5 Å². The molecule has 144 valence electrons. The molecule has 1 aromatic carbocycles. The fourth-order valence-corrected chi connectivity index (χ4v) is 4.99. The number of aromatic carboxylic acids is 1. The van der Waals surface area contributed by atoms with E-state index in [1.165, 1.54) is 31.2 Å². The highest BCUT2D eigenvalue weighted by molar-refractivity contribution is 7.94. The molecule has 0 saturated heterocycles. The van der Waals surface area contributed by atoms with Crippen molar-refractivity contribution in [2.75, 3.05) is 18.9 Å². The number of esters is 2. The number of hydrogen-bond donors (Lipinski definition) is 2. The molecular weight excluding hydrogens is 398 g/mol. The van der Waals surface area contributed by atoms with Crippen molar-refractivity contribution in [3.63, 3.8) is 0 Å². The topological polar surface area (TPSA) is 136 Å². The third kappa shape index (κ3) is 4.09. The predicted molar refractivity (Wildman–Crippen MR) is 95.9 cm³/mol. The molecule has 27 heavy (non-hydrogen) atoms. The third-order valence-electron chi connectivity index (χ3n) is 3.50. The molecule has 1 heterocycles. The van der Waals surface area contributed by atoms with Gasteiger partial charge in [0.2, 0.25) is 0 Å². The van der Waals surface area contributed by atoms with E-state index in [-0.39, 0.29) is 27.3 Å². The van der Waals surface area contributed by atoms with Crippen molar-refractivity contribution in [3.05, 3.63) is 45.8 Å². The highest BCUT2D eigenvalue weighted by Gasteiger charge is 2.32. The third-order valence-corrected chi connectivity index (χ3v) is 6.67. The summed E-state index contributed by atoms with van der Waals surface area (Å²) in [4.78, 5) is 34.8. The zero-order valence-electron chi connectivity index (χ0n) is 14.4. The van der Waals surface area contributed by atoms with Crippen LogP contribution in [0.5, 0.6) is 0 Å². The molecule has 0 aliphatic carbocycles. The molecule has 11 heteroatoms. The molecule has 0 unspecified atom stereocenters. The minimum Gasteiger partial charge on any atom is -0.478 e. The van der Waals surface area contributed by atoms with E-state index in [4.69, 9.17) is 5.11 Å². The van der Waals surface area contributed by atoms with Gasteiger partial charge in [0.05, 0.1) is 25.3 Å². The van der Waals surface area contributed by atoms with Gasteiger partial charge in [-0.25, -0.2) is 22.8 Å². The average molecular weight is 413 g/mol. The van der Waals surface area contributed by atoms with Crippen LogP contribution in [0, 0.1) is 6.92 Å². The Morgan fingerprint density at radius 1 is 1.04 bits per heavy atom. The molecule has 2 aromatic rings. The number of carboxylic acids is 1. The lowest BCUT2D eigenvalue weighted by Crippen LogP contribution is -2.16. The molecule has 9 nitrogen and oxygen atoms in total. The normalized spacial score (nSPS) is 10.9. The van der Waals surface area contributed by atoms with Crippen LogP contribution in [-0.4, -0.2) is 45.7 Å². The van der Waals surface area contributed by atoms with Gasteiger partial charge in [-0.1, -0.05) is 0 Å². The van der Waals surface area contributed by atoms with Crippen molar-refractivity contribution < 1.29 is 37.4 Å². The van der Waals surface area contributed by atoms with E-state index in [2.05, 4.69) is 14.2 Å². The number of anilines is 1. The number of rotatable bonds is 6. The summed E-state index contributed by atoms with van der Waals surface area (Å²) >= 11 is 0.577. The Kier molecular flexibility index (Phi) is 5.86. The smallest absolute Gasteiger partial charge is 0.348 e. The zero-order valence-corrected chi connectivity index (χ0v) is 16.1. The molecular formula is C16H15NO8S2. The molecule has 0 bridgehead atoms. The summed E-state index contributed by atoms with van der Waals surface area (Å²) in [6.45, 7) is 1.41. The molecule has 0 amide bonds. The van der Waals surface area contributed by atoms with Crippen molar-refractivity contribution in [2.45, 2.75) is 11.1 Å². The van der Waals surface area contributed by atoms with Gasteiger partial charge in [-0.05, 0) is 36.8 Å². The molecule has 0 saturated carbocycles. The van der Waals surface area contributed by atoms with E-state index in [1.54, 1.807) is 0 Å². The predicted octanol–water partition coefficient (Wildman–Crippen LogP) is 2.13. The number of carbonyl (C=O) groups excluding carboxylic acids is 2. The first kappa shape index (κ1) is 20.4. The Hall–Kier alpha value is -2.92. The van der Waals surface area contributed by atoms with Crippen LogP contribution in [0.2, 0.25) is 0 Å². The number of thiophene rings is 1. The fraction of sp³-hybridized carbons (Fsp3) is 0.188. The largest absolute Gasteiger partial charge is 0.478 e. The van der Waals surface area contributed by atoms with Gasteiger partial charge in [-0.2, -0.15) is 0 Å². The molecule has 0 aliphatic heterocycles. The van der Waals surface area contributed by atoms with E-state index in [1.807, 2.05) is 0 Å². The first-order chi connectivity index (χ1) is 12.6. The first-order valence-electron chi connectivity index (χ1n) is 7.28. The van der Waals surface area contributed by atoms with Crippen molar-refractivity contribution in [2.24, 2.45) is 0 Å². The Bertz CT molecular complexity index is 1010. The minimum absolute atomic E-state index is 0.0202. The van der Waals surface area contributed by atoms with Crippen molar-refractivity contribution in [3.8, 4) is 0 Å². The number of nitrogens with one attached hydrogen (secondary N) is 1. The van der Waals surface area contributed by atoms with Crippen LogP contribution in [0.4, 0.5) is 5.69 Å². The van der Waals surface area contributed by atoms with Crippen LogP contribution >= 0.6 is 11.3 Å². The van der Waals surface area contributed by atoms with Crippen LogP contribution < -0.4 is 4.72 Å². The number of benzene rings is 1. The molecule has 0 radical (unpaired) electrons. The van der Waals surface area contributed by atoms with Gasteiger partial charge in [0.1, 0.15) is 4.88 Å². The molecule has 0 fully saturated rings. The summed E-state index contributed by atoms with van der Waals surface area (Å²) in [6, 6.07) is 4.98. The second-order valence-corrected chi connectivity index (χ2v) is 8.09.